The summed E-state index contributed by atoms with van der Waals surface area (Å²) in [4.78, 5) is 14.0. The molecule has 0 fully saturated rings. The zero-order chi connectivity index (χ0) is 14.0. The first-order chi connectivity index (χ1) is 9.08. The highest BCUT2D eigenvalue weighted by Crippen LogP contribution is 2.27. The van der Waals surface area contributed by atoms with Crippen molar-refractivity contribution < 1.29 is 0 Å². The maximum absolute atomic E-state index is 11.7. The average molecular weight is 287 g/mol. The summed E-state index contributed by atoms with van der Waals surface area (Å²) >= 11 is 10.7. The molecular weight excluding hydrogens is 282 g/mol. The molecule has 0 spiro atoms. The monoisotopic (exact) mass is 286 g/mol. The van der Waals surface area contributed by atoms with Crippen LogP contribution in [0.5, 0.6) is 0 Å². The Morgan fingerprint density at radius 3 is 2.21 bits per heavy atom. The van der Waals surface area contributed by atoms with E-state index in [9.17, 15) is 4.79 Å². The van der Waals surface area contributed by atoms with Gasteiger partial charge in [-0.15, -0.1) is 0 Å². The summed E-state index contributed by atoms with van der Waals surface area (Å²) in [6.07, 6.45) is 0. The Labute approximate surface area is 119 Å². The standard InChI is InChI=1S/C13H6ClN3OS/c14-8-3-1-7(2-4-8)11-9(5-15)12(18)17-13(19)10(11)6-16/h1-4H,(H2,17,18,19)/p-1. The van der Waals surface area contributed by atoms with Crippen molar-refractivity contribution in [1.29, 1.82) is 10.5 Å². The Bertz CT molecular complexity index is 782. The highest BCUT2D eigenvalue weighted by atomic mass is 35.5. The van der Waals surface area contributed by atoms with Crippen LogP contribution in [0, 0.1) is 22.7 Å². The van der Waals surface area contributed by atoms with E-state index in [-0.39, 0.29) is 21.7 Å². The molecular formula is C13H5ClN3OS-. The number of H-pyrrole nitrogens is 1. The fraction of sp³-hybridized carbons (Fsp3) is 0. The minimum absolute atomic E-state index is 0.0245. The topological polar surface area (TPSA) is 80.4 Å². The van der Waals surface area contributed by atoms with E-state index in [2.05, 4.69) is 4.98 Å². The van der Waals surface area contributed by atoms with Crippen LogP contribution < -0.4 is 5.56 Å². The maximum Gasteiger partial charge on any atom is 0.265 e. The highest BCUT2D eigenvalue weighted by Gasteiger charge is 2.14. The number of rotatable bonds is 1. The molecule has 92 valence electrons. The molecule has 0 aliphatic carbocycles. The maximum atomic E-state index is 11.7. The van der Waals surface area contributed by atoms with Crippen molar-refractivity contribution in [3.63, 3.8) is 0 Å². The van der Waals surface area contributed by atoms with Crippen LogP contribution in [0.2, 0.25) is 5.02 Å². The number of pyridine rings is 1. The Morgan fingerprint density at radius 2 is 1.68 bits per heavy atom. The number of halogens is 1. The van der Waals surface area contributed by atoms with Gasteiger partial charge in [-0.3, -0.25) is 4.79 Å². The smallest absolute Gasteiger partial charge is 0.265 e. The second kappa shape index (κ2) is 5.11. The highest BCUT2D eigenvalue weighted by molar-refractivity contribution is 7.58. The predicted molar refractivity (Wildman–Crippen MR) is 72.6 cm³/mol. The fourth-order valence-electron chi connectivity index (χ4n) is 1.70. The van der Waals surface area contributed by atoms with E-state index in [0.29, 0.717) is 10.6 Å². The number of aromatic nitrogens is 1. The number of hydrogen-bond donors (Lipinski definition) is 1. The number of nitrogens with one attached hydrogen (secondary N) is 1. The normalized spacial score (nSPS) is 9.63. The van der Waals surface area contributed by atoms with Gasteiger partial charge in [-0.1, -0.05) is 28.8 Å². The van der Waals surface area contributed by atoms with Crippen molar-refractivity contribution in [2.75, 3.05) is 0 Å². The van der Waals surface area contributed by atoms with E-state index < -0.39 is 5.56 Å². The van der Waals surface area contributed by atoms with Crippen LogP contribution in [-0.4, -0.2) is 4.98 Å². The van der Waals surface area contributed by atoms with Gasteiger partial charge in [-0.2, -0.15) is 10.5 Å². The number of benzene rings is 1. The largest absolute Gasteiger partial charge is 0.761 e. The van der Waals surface area contributed by atoms with Crippen LogP contribution in [0.3, 0.4) is 0 Å². The number of nitriles is 2. The molecule has 0 saturated heterocycles. The van der Waals surface area contributed by atoms with Gasteiger partial charge in [0.2, 0.25) is 0 Å². The molecule has 0 aliphatic rings. The van der Waals surface area contributed by atoms with Crippen LogP contribution in [0.15, 0.2) is 34.1 Å². The summed E-state index contributed by atoms with van der Waals surface area (Å²) in [6, 6.07) is 10.2. The molecule has 0 amide bonds. The lowest BCUT2D eigenvalue weighted by Crippen LogP contribution is -2.15. The molecule has 2 rings (SSSR count). The molecule has 1 N–H and O–H groups in total. The summed E-state index contributed by atoms with van der Waals surface area (Å²) in [5.41, 5.74) is 0.169. The molecule has 0 unspecified atom stereocenters. The minimum atomic E-state index is -0.601. The van der Waals surface area contributed by atoms with Crippen LogP contribution in [-0.2, 0) is 12.6 Å². The quantitative estimate of drug-likeness (QED) is 0.816. The van der Waals surface area contributed by atoms with Crippen molar-refractivity contribution in [3.05, 3.63) is 50.8 Å². The summed E-state index contributed by atoms with van der Waals surface area (Å²) < 4.78 is 0. The molecule has 0 radical (unpaired) electrons. The zero-order valence-electron chi connectivity index (χ0n) is 9.40. The van der Waals surface area contributed by atoms with Crippen molar-refractivity contribution in [3.8, 4) is 23.3 Å². The lowest BCUT2D eigenvalue weighted by molar-refractivity contribution is 1.06. The van der Waals surface area contributed by atoms with Crippen molar-refractivity contribution in [1.82, 2.24) is 4.98 Å². The Hall–Kier alpha value is -2.34. The molecule has 0 saturated carbocycles. The van der Waals surface area contributed by atoms with Crippen LogP contribution in [0.4, 0.5) is 0 Å². The number of aromatic amines is 1. The van der Waals surface area contributed by atoms with Crippen molar-refractivity contribution in [2.24, 2.45) is 0 Å². The van der Waals surface area contributed by atoms with Gasteiger partial charge in [0.05, 0.1) is 11.6 Å². The summed E-state index contributed by atoms with van der Waals surface area (Å²) in [7, 11) is 0. The zero-order valence-corrected chi connectivity index (χ0v) is 11.0. The third-order valence-electron chi connectivity index (χ3n) is 2.54. The number of hydrogen-bond acceptors (Lipinski definition) is 4. The van der Waals surface area contributed by atoms with E-state index in [4.69, 9.17) is 34.8 Å². The molecule has 0 aliphatic heterocycles. The lowest BCUT2D eigenvalue weighted by atomic mass is 9.97. The second-order valence-electron chi connectivity index (χ2n) is 3.64. The SMILES string of the molecule is N#Cc1c([S-])[nH]c(=O)c(C#N)c1-c1ccc(Cl)cc1. The second-order valence-corrected chi connectivity index (χ2v) is 4.48. The lowest BCUT2D eigenvalue weighted by Gasteiger charge is -2.14. The summed E-state index contributed by atoms with van der Waals surface area (Å²) in [5.74, 6) is 0. The Balaban J connectivity index is 2.89. The Kier molecular flexibility index (Phi) is 3.52. The number of nitrogens with zero attached hydrogens (tertiary/aromatic N) is 2. The van der Waals surface area contributed by atoms with E-state index in [0.717, 1.165) is 0 Å². The summed E-state index contributed by atoms with van der Waals surface area (Å²) in [5, 5.41) is 18.8. The van der Waals surface area contributed by atoms with E-state index in [1.54, 1.807) is 30.3 Å². The van der Waals surface area contributed by atoms with Gasteiger partial charge in [0.15, 0.2) is 0 Å². The molecule has 19 heavy (non-hydrogen) atoms. The predicted octanol–water partition coefficient (Wildman–Crippen LogP) is 2.34. The first kappa shape index (κ1) is 13.1. The van der Waals surface area contributed by atoms with Gasteiger partial charge in [0.1, 0.15) is 11.6 Å². The van der Waals surface area contributed by atoms with Gasteiger partial charge in [0, 0.05) is 10.6 Å². The average Bonchev–Trinajstić information content (AvgIpc) is 2.39. The molecule has 1 aromatic carbocycles. The van der Waals surface area contributed by atoms with E-state index in [1.807, 2.05) is 6.07 Å². The molecule has 0 atom stereocenters. The third kappa shape index (κ3) is 2.30. The minimum Gasteiger partial charge on any atom is -0.761 e. The molecule has 4 nitrogen and oxygen atoms in total. The first-order valence-electron chi connectivity index (χ1n) is 5.12. The Morgan fingerprint density at radius 1 is 1.11 bits per heavy atom. The molecule has 1 heterocycles. The third-order valence-corrected chi connectivity index (χ3v) is 3.10. The van der Waals surface area contributed by atoms with Gasteiger partial charge in [0.25, 0.3) is 5.56 Å². The van der Waals surface area contributed by atoms with Crippen molar-refractivity contribution in [2.45, 2.75) is 5.03 Å². The van der Waals surface area contributed by atoms with Crippen LogP contribution >= 0.6 is 11.6 Å². The molecule has 6 heteroatoms. The van der Waals surface area contributed by atoms with Gasteiger partial charge < -0.3 is 17.6 Å². The van der Waals surface area contributed by atoms with Crippen LogP contribution in [0.25, 0.3) is 11.1 Å². The molecule has 2 aromatic rings. The van der Waals surface area contributed by atoms with Gasteiger partial charge in [-0.25, -0.2) is 0 Å². The summed E-state index contributed by atoms with van der Waals surface area (Å²) in [6.45, 7) is 0. The van der Waals surface area contributed by atoms with E-state index in [1.165, 1.54) is 0 Å². The van der Waals surface area contributed by atoms with Crippen molar-refractivity contribution >= 4 is 24.2 Å². The molecule has 0 bridgehead atoms. The first-order valence-corrected chi connectivity index (χ1v) is 5.90. The van der Waals surface area contributed by atoms with E-state index >= 15 is 0 Å². The van der Waals surface area contributed by atoms with Gasteiger partial charge >= 0.3 is 0 Å². The molecule has 1 aromatic heterocycles. The van der Waals surface area contributed by atoms with Gasteiger partial charge in [-0.05, 0) is 17.7 Å². The van der Waals surface area contributed by atoms with Crippen LogP contribution in [0.1, 0.15) is 11.1 Å². The fourth-order valence-corrected chi connectivity index (χ4v) is 2.07.